The normalized spacial score (nSPS) is 18.5. The lowest BCUT2D eigenvalue weighted by atomic mass is 9.76. The Morgan fingerprint density at radius 3 is 2.34 bits per heavy atom. The number of nitrogens with one attached hydrogen (secondary N) is 2. The number of aromatic amines is 1. The number of halogens is 1. The minimum atomic E-state index is -2.23. The number of phenolic OH excluding ortho intramolecular Hbond substituents is 3. The summed E-state index contributed by atoms with van der Waals surface area (Å²) in [5.74, 6) is -7.56. The maximum atomic E-state index is 14.2. The second-order valence-corrected chi connectivity index (χ2v) is 12.2. The summed E-state index contributed by atoms with van der Waals surface area (Å²) in [6.07, 6.45) is 1.67. The van der Waals surface area contributed by atoms with Gasteiger partial charge in [-0.05, 0) is 45.4 Å². The monoisotopic (exact) mass is 662 g/mol. The molecule has 6 rings (SSSR count). The number of hydrogen-bond donors (Lipinski definition) is 5. The summed E-state index contributed by atoms with van der Waals surface area (Å²) >= 11 is 6.76. The third-order valence-corrected chi connectivity index (χ3v) is 9.46. The lowest BCUT2D eigenvalue weighted by Crippen LogP contribution is -2.36. The summed E-state index contributed by atoms with van der Waals surface area (Å²) in [4.78, 5) is 84.0. The van der Waals surface area contributed by atoms with E-state index < -0.39 is 85.3 Å². The quantitative estimate of drug-likeness (QED) is 0.112. The molecule has 0 bridgehead atoms. The second-order valence-electron chi connectivity index (χ2n) is 11.8. The van der Waals surface area contributed by atoms with E-state index in [1.165, 1.54) is 12.3 Å². The van der Waals surface area contributed by atoms with Gasteiger partial charge in [0, 0.05) is 23.1 Å². The molecule has 2 aromatic carbocycles. The van der Waals surface area contributed by atoms with Crippen molar-refractivity contribution in [1.82, 2.24) is 15.3 Å². The van der Waals surface area contributed by atoms with Crippen molar-refractivity contribution >= 4 is 57.6 Å². The Morgan fingerprint density at radius 2 is 1.72 bits per heavy atom. The van der Waals surface area contributed by atoms with Crippen molar-refractivity contribution in [2.24, 2.45) is 5.10 Å². The molecule has 1 heterocycles. The van der Waals surface area contributed by atoms with Gasteiger partial charge in [0.2, 0.25) is 5.78 Å². The summed E-state index contributed by atoms with van der Waals surface area (Å²) in [7, 11) is 2.89. The highest BCUT2D eigenvalue weighted by Crippen LogP contribution is 2.58. The van der Waals surface area contributed by atoms with E-state index in [0.29, 0.717) is 0 Å². The number of carbonyl (C=O) groups excluding carboxylic acids is 5. The average molecular weight is 663 g/mol. The summed E-state index contributed by atoms with van der Waals surface area (Å²) < 4.78 is 4.91. The van der Waals surface area contributed by atoms with Crippen molar-refractivity contribution < 1.29 is 44.0 Å². The largest absolute Gasteiger partial charge is 0.507 e. The van der Waals surface area contributed by atoms with E-state index in [1.54, 1.807) is 11.9 Å². The smallest absolute Gasteiger partial charge is 0.260 e. The first-order valence-corrected chi connectivity index (χ1v) is 14.7. The molecule has 0 fully saturated rings. The van der Waals surface area contributed by atoms with Crippen molar-refractivity contribution in [3.8, 4) is 17.2 Å². The first-order valence-electron chi connectivity index (χ1n) is 14.4. The van der Waals surface area contributed by atoms with Crippen LogP contribution in [0.5, 0.6) is 17.2 Å². The third kappa shape index (κ3) is 4.32. The predicted octanol–water partition coefficient (Wildman–Crippen LogP) is 2.26. The molecular weight excluding hydrogens is 636 g/mol. The van der Waals surface area contributed by atoms with Crippen LogP contribution in [0.2, 0.25) is 5.02 Å². The fraction of sp³-hybridized carbons (Fsp3) is 0.281. The number of likely N-dealkylation sites (N-methyl/N-ethyl adjacent to an activating group) is 1. The second kappa shape index (κ2) is 10.9. The Bertz CT molecular complexity index is 2150. The third-order valence-electron chi connectivity index (χ3n) is 9.03. The van der Waals surface area contributed by atoms with Crippen LogP contribution in [0.4, 0.5) is 0 Å². The molecular formula is C32H27ClN4O10. The van der Waals surface area contributed by atoms with E-state index in [1.807, 2.05) is 13.8 Å². The van der Waals surface area contributed by atoms with Gasteiger partial charge in [0.15, 0.2) is 23.1 Å². The summed E-state index contributed by atoms with van der Waals surface area (Å²) in [5, 5.41) is 37.4. The molecule has 3 aliphatic carbocycles. The number of rotatable bonds is 6. The van der Waals surface area contributed by atoms with Crippen LogP contribution >= 0.6 is 11.6 Å². The first-order chi connectivity index (χ1) is 22.2. The van der Waals surface area contributed by atoms with Crippen molar-refractivity contribution in [2.45, 2.75) is 38.1 Å². The first kappa shape index (κ1) is 31.6. The zero-order chi connectivity index (χ0) is 34.3. The topological polar surface area (TPSA) is 216 Å². The van der Waals surface area contributed by atoms with Crippen molar-refractivity contribution in [1.29, 1.82) is 0 Å². The van der Waals surface area contributed by atoms with Crippen LogP contribution in [-0.4, -0.2) is 87.2 Å². The van der Waals surface area contributed by atoms with E-state index in [0.717, 1.165) is 13.2 Å². The number of phenols is 3. The van der Waals surface area contributed by atoms with Crippen LogP contribution in [0, 0.1) is 0 Å². The van der Waals surface area contributed by atoms with E-state index in [9.17, 15) is 44.1 Å². The zero-order valence-electron chi connectivity index (χ0n) is 25.4. The molecule has 3 aliphatic rings. The molecule has 15 heteroatoms. The number of benzene rings is 2. The number of hydrazone groups is 1. The number of allylic oxidation sites excluding steroid dienone is 2. The molecule has 0 saturated heterocycles. The van der Waals surface area contributed by atoms with Gasteiger partial charge in [0.25, 0.3) is 11.5 Å². The standard InChI is InChI=1S/C32H27ClN4O10/c1-11(2)37(3)10-17(39)36-34-9-12-7-14-18(31(46)35-12)28(43)23-13(24(14)33)5-6-32(23)29(44)21-22(30(32)45)27(42)20-19(26(21)41)15(38)8-16(47-4)25(20)40/h7-9,11,41-43H,5-6,10H2,1-4H3,(H,35,46)(H,36,39)/t32-/m0/s1. The van der Waals surface area contributed by atoms with Gasteiger partial charge in [-0.2, -0.15) is 5.10 Å². The van der Waals surface area contributed by atoms with Crippen LogP contribution in [0.15, 0.2) is 27.8 Å². The van der Waals surface area contributed by atoms with Crippen molar-refractivity contribution in [3.05, 3.63) is 72.4 Å². The van der Waals surface area contributed by atoms with Crippen LogP contribution in [0.25, 0.3) is 10.8 Å². The SMILES string of the molecule is COC1=CC(=O)c2c(O)c3c(c(O)c2C1=O)C(=O)[C@]1(CCc2c1c(O)c1c(=O)[nH]c(C=NNC(=O)CN(C)C(C)C)cc1c2Cl)C3=O. The van der Waals surface area contributed by atoms with Gasteiger partial charge in [-0.15, -0.1) is 0 Å². The van der Waals surface area contributed by atoms with Crippen LogP contribution in [0.1, 0.15) is 78.5 Å². The maximum absolute atomic E-state index is 14.2. The summed E-state index contributed by atoms with van der Waals surface area (Å²) in [5.41, 5.74) is -3.47. The van der Waals surface area contributed by atoms with E-state index >= 15 is 0 Å². The lowest BCUT2D eigenvalue weighted by Gasteiger charge is -2.23. The Kier molecular flexibility index (Phi) is 7.32. The Balaban J connectivity index is 1.46. The van der Waals surface area contributed by atoms with E-state index in [4.69, 9.17) is 16.3 Å². The molecule has 5 N–H and O–H groups in total. The molecule has 1 spiro atoms. The molecule has 0 unspecified atom stereocenters. The van der Waals surface area contributed by atoms with Gasteiger partial charge in [0.1, 0.15) is 22.7 Å². The van der Waals surface area contributed by atoms with Crippen LogP contribution in [0.3, 0.4) is 0 Å². The number of ether oxygens (including phenoxy) is 1. The molecule has 0 radical (unpaired) electrons. The minimum absolute atomic E-state index is 0.0345. The number of nitrogens with zero attached hydrogens (tertiary/aromatic N) is 2. The van der Waals surface area contributed by atoms with E-state index in [2.05, 4.69) is 15.5 Å². The molecule has 14 nitrogen and oxygen atoms in total. The fourth-order valence-electron chi connectivity index (χ4n) is 6.49. The number of Topliss-reactive ketones (excluding diaryl/α,β-unsaturated/α-hetero) is 3. The molecule has 0 aliphatic heterocycles. The number of ketones is 4. The van der Waals surface area contributed by atoms with E-state index in [-0.39, 0.29) is 58.0 Å². The van der Waals surface area contributed by atoms with Crippen molar-refractivity contribution in [3.63, 3.8) is 0 Å². The maximum Gasteiger partial charge on any atom is 0.260 e. The van der Waals surface area contributed by atoms with Crippen molar-refractivity contribution in [2.75, 3.05) is 20.7 Å². The number of H-pyrrole nitrogens is 1. The molecule has 1 aromatic heterocycles. The Hall–Kier alpha value is -5.34. The molecule has 242 valence electrons. The number of aromatic nitrogens is 1. The van der Waals surface area contributed by atoms with Crippen LogP contribution in [-0.2, 0) is 21.4 Å². The number of methoxy groups -OCH3 is 1. The van der Waals surface area contributed by atoms with Gasteiger partial charge in [0.05, 0.1) is 58.2 Å². The molecule has 0 saturated carbocycles. The van der Waals surface area contributed by atoms with Gasteiger partial charge >= 0.3 is 0 Å². The zero-order valence-corrected chi connectivity index (χ0v) is 26.2. The minimum Gasteiger partial charge on any atom is -0.507 e. The molecule has 3 aromatic rings. The highest BCUT2D eigenvalue weighted by atomic mass is 35.5. The summed E-state index contributed by atoms with van der Waals surface area (Å²) in [6, 6.07) is 1.52. The highest BCUT2D eigenvalue weighted by Gasteiger charge is 2.62. The fourth-order valence-corrected chi connectivity index (χ4v) is 6.83. The lowest BCUT2D eigenvalue weighted by molar-refractivity contribution is -0.122. The molecule has 1 atom stereocenters. The molecule has 1 amide bonds. The Morgan fingerprint density at radius 1 is 1.09 bits per heavy atom. The van der Waals surface area contributed by atoms with Gasteiger partial charge in [-0.1, -0.05) is 11.6 Å². The number of hydrogen-bond acceptors (Lipinski definition) is 12. The van der Waals surface area contributed by atoms with Gasteiger partial charge in [-0.3, -0.25) is 33.7 Å². The Labute approximate surface area is 270 Å². The van der Waals surface area contributed by atoms with Gasteiger partial charge < -0.3 is 25.0 Å². The molecule has 47 heavy (non-hydrogen) atoms. The predicted molar refractivity (Wildman–Crippen MR) is 167 cm³/mol. The van der Waals surface area contributed by atoms with Gasteiger partial charge in [-0.25, -0.2) is 5.43 Å². The number of fused-ring (bicyclic) bond motifs is 5. The number of amides is 1. The summed E-state index contributed by atoms with van der Waals surface area (Å²) in [6.45, 7) is 3.92. The number of pyridine rings is 1. The highest BCUT2D eigenvalue weighted by molar-refractivity contribution is 6.41. The number of carbonyl (C=O) groups is 5. The average Bonchev–Trinajstić information content (AvgIpc) is 3.52. The number of aromatic hydroxyl groups is 3. The van der Waals surface area contributed by atoms with Crippen LogP contribution < -0.4 is 11.0 Å².